The molecule has 0 spiro atoms. The fourth-order valence-electron chi connectivity index (χ4n) is 1.94. The molecular formula is C15H10ClN3O2. The molecule has 0 aliphatic heterocycles. The first-order valence-corrected chi connectivity index (χ1v) is 6.54. The normalized spacial score (nSPS) is 10.5. The van der Waals surface area contributed by atoms with Crippen LogP contribution in [0.1, 0.15) is 10.6 Å². The summed E-state index contributed by atoms with van der Waals surface area (Å²) in [5.41, 5.74) is 1.48. The number of carbonyl (C=O) groups is 1. The molecule has 5 nitrogen and oxygen atoms in total. The topological polar surface area (TPSA) is 68.0 Å². The van der Waals surface area contributed by atoms with E-state index in [-0.39, 0.29) is 5.82 Å². The van der Waals surface area contributed by atoms with Gasteiger partial charge in [0.25, 0.3) is 5.82 Å². The average molecular weight is 300 g/mol. The summed E-state index contributed by atoms with van der Waals surface area (Å²) >= 11 is 5.87. The molecule has 0 saturated carbocycles. The smallest absolute Gasteiger partial charge is 0.375 e. The molecule has 21 heavy (non-hydrogen) atoms. The second-order valence-corrected chi connectivity index (χ2v) is 4.75. The number of benzene rings is 2. The van der Waals surface area contributed by atoms with Crippen LogP contribution in [0.2, 0.25) is 5.02 Å². The maximum Gasteiger partial charge on any atom is 0.375 e. The molecule has 0 bridgehead atoms. The standard InChI is InChI=1S/C15H10ClN3O2/c16-11-8-6-10(7-9-11)14-17-13(15(20)21)18-19(14)12-4-2-1-3-5-12/h1-9H,(H,20,21). The van der Waals surface area contributed by atoms with Crippen molar-refractivity contribution >= 4 is 17.6 Å². The van der Waals surface area contributed by atoms with Gasteiger partial charge in [0.1, 0.15) is 0 Å². The van der Waals surface area contributed by atoms with Gasteiger partial charge in [0.2, 0.25) is 0 Å². The molecular weight excluding hydrogens is 290 g/mol. The van der Waals surface area contributed by atoms with E-state index in [9.17, 15) is 4.79 Å². The van der Waals surface area contributed by atoms with Crippen LogP contribution in [0.15, 0.2) is 54.6 Å². The van der Waals surface area contributed by atoms with E-state index < -0.39 is 5.97 Å². The molecule has 1 aromatic heterocycles. The van der Waals surface area contributed by atoms with E-state index in [1.807, 2.05) is 30.3 Å². The van der Waals surface area contributed by atoms with E-state index >= 15 is 0 Å². The molecule has 0 aliphatic carbocycles. The lowest BCUT2D eigenvalue weighted by Crippen LogP contribution is -2.02. The van der Waals surface area contributed by atoms with Gasteiger partial charge in [0.15, 0.2) is 5.82 Å². The SMILES string of the molecule is O=C(O)c1nc(-c2ccc(Cl)cc2)n(-c2ccccc2)n1. The number of carboxylic acids is 1. The number of hydrogen-bond donors (Lipinski definition) is 1. The van der Waals surface area contributed by atoms with Gasteiger partial charge < -0.3 is 5.11 Å². The monoisotopic (exact) mass is 299 g/mol. The summed E-state index contributed by atoms with van der Waals surface area (Å²) in [5.74, 6) is -0.959. The largest absolute Gasteiger partial charge is 0.475 e. The molecule has 1 heterocycles. The van der Waals surface area contributed by atoms with Crippen molar-refractivity contribution in [2.24, 2.45) is 0 Å². The van der Waals surface area contributed by atoms with Gasteiger partial charge in [-0.25, -0.2) is 14.5 Å². The second kappa shape index (κ2) is 5.38. The maximum atomic E-state index is 11.1. The molecule has 0 amide bonds. The predicted octanol–water partition coefficient (Wildman–Crippen LogP) is 3.29. The van der Waals surface area contributed by atoms with Crippen LogP contribution >= 0.6 is 11.6 Å². The van der Waals surface area contributed by atoms with Crippen LogP contribution in [0, 0.1) is 0 Å². The van der Waals surface area contributed by atoms with Crippen molar-refractivity contribution in [2.45, 2.75) is 0 Å². The Bertz CT molecular complexity index is 782. The third kappa shape index (κ3) is 2.64. The molecule has 0 atom stereocenters. The molecule has 1 N–H and O–H groups in total. The molecule has 6 heteroatoms. The summed E-state index contributed by atoms with van der Waals surface area (Å²) in [5, 5.41) is 13.8. The minimum atomic E-state index is -1.17. The highest BCUT2D eigenvalue weighted by Crippen LogP contribution is 2.22. The summed E-state index contributed by atoms with van der Waals surface area (Å²) in [6.45, 7) is 0. The van der Waals surface area contributed by atoms with Gasteiger partial charge in [-0.15, -0.1) is 5.10 Å². The Labute approximate surface area is 125 Å². The Balaban J connectivity index is 2.19. The molecule has 0 radical (unpaired) electrons. The summed E-state index contributed by atoms with van der Waals surface area (Å²) < 4.78 is 1.51. The lowest BCUT2D eigenvalue weighted by molar-refractivity contribution is 0.0683. The maximum absolute atomic E-state index is 11.1. The van der Waals surface area contributed by atoms with Gasteiger partial charge >= 0.3 is 5.97 Å². The van der Waals surface area contributed by atoms with Gasteiger partial charge in [-0.1, -0.05) is 29.8 Å². The van der Waals surface area contributed by atoms with Crippen LogP contribution in [0.3, 0.4) is 0 Å². The van der Waals surface area contributed by atoms with E-state index in [0.29, 0.717) is 10.8 Å². The van der Waals surface area contributed by atoms with E-state index in [0.717, 1.165) is 11.3 Å². The number of hydrogen-bond acceptors (Lipinski definition) is 3. The quantitative estimate of drug-likeness (QED) is 0.806. The van der Waals surface area contributed by atoms with Crippen LogP contribution < -0.4 is 0 Å². The van der Waals surface area contributed by atoms with Crippen molar-refractivity contribution in [3.63, 3.8) is 0 Å². The first kappa shape index (κ1) is 13.3. The summed E-state index contributed by atoms with van der Waals surface area (Å²) in [6, 6.07) is 16.2. The highest BCUT2D eigenvalue weighted by atomic mass is 35.5. The number of carboxylic acid groups (broad SMARTS) is 1. The van der Waals surface area contributed by atoms with Crippen molar-refractivity contribution in [1.29, 1.82) is 0 Å². The molecule has 0 saturated heterocycles. The number of aromatic carboxylic acids is 1. The van der Waals surface area contributed by atoms with Crippen LogP contribution in [-0.2, 0) is 0 Å². The van der Waals surface area contributed by atoms with E-state index in [1.54, 1.807) is 24.3 Å². The van der Waals surface area contributed by atoms with E-state index in [4.69, 9.17) is 16.7 Å². The van der Waals surface area contributed by atoms with E-state index in [1.165, 1.54) is 4.68 Å². The van der Waals surface area contributed by atoms with Gasteiger partial charge in [-0.2, -0.15) is 0 Å². The lowest BCUT2D eigenvalue weighted by Gasteiger charge is -2.05. The third-order valence-corrected chi connectivity index (χ3v) is 3.15. The first-order valence-electron chi connectivity index (χ1n) is 6.17. The van der Waals surface area contributed by atoms with Crippen LogP contribution in [0.5, 0.6) is 0 Å². The van der Waals surface area contributed by atoms with Gasteiger partial charge in [-0.05, 0) is 36.4 Å². The van der Waals surface area contributed by atoms with Crippen molar-refractivity contribution in [1.82, 2.24) is 14.8 Å². The molecule has 3 rings (SSSR count). The van der Waals surface area contributed by atoms with Crippen molar-refractivity contribution in [3.05, 3.63) is 65.4 Å². The van der Waals surface area contributed by atoms with Crippen LogP contribution in [0.4, 0.5) is 0 Å². The van der Waals surface area contributed by atoms with Gasteiger partial charge in [0, 0.05) is 10.6 Å². The summed E-state index contributed by atoms with van der Waals surface area (Å²) in [6.07, 6.45) is 0. The Hall–Kier alpha value is -2.66. The fourth-order valence-corrected chi connectivity index (χ4v) is 2.06. The molecule has 2 aromatic carbocycles. The van der Waals surface area contributed by atoms with Gasteiger partial charge in [0.05, 0.1) is 5.69 Å². The zero-order chi connectivity index (χ0) is 14.8. The Kier molecular flexibility index (Phi) is 3.41. The average Bonchev–Trinajstić information content (AvgIpc) is 2.94. The highest BCUT2D eigenvalue weighted by Gasteiger charge is 2.17. The number of aromatic nitrogens is 3. The zero-order valence-electron chi connectivity index (χ0n) is 10.8. The van der Waals surface area contributed by atoms with E-state index in [2.05, 4.69) is 10.1 Å². The Morgan fingerprint density at radius 3 is 2.33 bits per heavy atom. The number of nitrogens with zero attached hydrogens (tertiary/aromatic N) is 3. The molecule has 0 aliphatic rings. The Morgan fingerprint density at radius 1 is 1.05 bits per heavy atom. The molecule has 0 fully saturated rings. The highest BCUT2D eigenvalue weighted by molar-refractivity contribution is 6.30. The zero-order valence-corrected chi connectivity index (χ0v) is 11.5. The van der Waals surface area contributed by atoms with Crippen molar-refractivity contribution in [2.75, 3.05) is 0 Å². The predicted molar refractivity (Wildman–Crippen MR) is 78.8 cm³/mol. The lowest BCUT2D eigenvalue weighted by atomic mass is 10.2. The molecule has 104 valence electrons. The second-order valence-electron chi connectivity index (χ2n) is 4.32. The first-order chi connectivity index (χ1) is 10.1. The summed E-state index contributed by atoms with van der Waals surface area (Å²) in [4.78, 5) is 15.2. The number of rotatable bonds is 3. The van der Waals surface area contributed by atoms with Crippen molar-refractivity contribution < 1.29 is 9.90 Å². The Morgan fingerprint density at radius 2 is 1.71 bits per heavy atom. The molecule has 3 aromatic rings. The van der Waals surface area contributed by atoms with Gasteiger partial charge in [-0.3, -0.25) is 0 Å². The third-order valence-electron chi connectivity index (χ3n) is 2.90. The number of halogens is 1. The van der Waals surface area contributed by atoms with Crippen LogP contribution in [-0.4, -0.2) is 25.8 Å². The summed E-state index contributed by atoms with van der Waals surface area (Å²) in [7, 11) is 0. The minimum Gasteiger partial charge on any atom is -0.475 e. The number of para-hydroxylation sites is 1. The van der Waals surface area contributed by atoms with Crippen LogP contribution in [0.25, 0.3) is 17.1 Å². The molecule has 0 unspecified atom stereocenters. The minimum absolute atomic E-state index is 0.246. The van der Waals surface area contributed by atoms with Crippen molar-refractivity contribution in [3.8, 4) is 17.1 Å². The fraction of sp³-hybridized carbons (Fsp3) is 0.